The van der Waals surface area contributed by atoms with E-state index in [9.17, 15) is 0 Å². The monoisotopic (exact) mass is 269 g/mol. The molecule has 0 spiro atoms. The van der Waals surface area contributed by atoms with Crippen molar-refractivity contribution >= 4 is 17.5 Å². The van der Waals surface area contributed by atoms with Crippen molar-refractivity contribution in [3.63, 3.8) is 0 Å². The Hall–Kier alpha value is -2.56. The van der Waals surface area contributed by atoms with Gasteiger partial charge in [0.05, 0.1) is 6.54 Å². The first-order valence-electron chi connectivity index (χ1n) is 6.39. The smallest absolute Gasteiger partial charge is 0.193 e. The topological polar surface area (TPSA) is 66.5 Å². The third-order valence-electron chi connectivity index (χ3n) is 2.75. The molecule has 0 fully saturated rings. The molecule has 0 aliphatic rings. The van der Waals surface area contributed by atoms with Crippen LogP contribution in [0.25, 0.3) is 0 Å². The molecule has 3 N–H and O–H groups in total. The van der Waals surface area contributed by atoms with Crippen LogP contribution in [0.4, 0.5) is 11.5 Å². The summed E-state index contributed by atoms with van der Waals surface area (Å²) in [5, 5.41) is 3.05. The van der Waals surface area contributed by atoms with Gasteiger partial charge in [0.15, 0.2) is 5.96 Å². The van der Waals surface area contributed by atoms with Crippen LogP contribution in [0.15, 0.2) is 53.7 Å². The Morgan fingerprint density at radius 3 is 2.70 bits per heavy atom. The van der Waals surface area contributed by atoms with E-state index in [1.807, 2.05) is 61.5 Å². The lowest BCUT2D eigenvalue weighted by molar-refractivity contribution is 1.02. The molecule has 1 heterocycles. The lowest BCUT2D eigenvalue weighted by atomic mass is 10.2. The van der Waals surface area contributed by atoms with Gasteiger partial charge in [-0.25, -0.2) is 9.98 Å². The normalized spacial score (nSPS) is 11.2. The summed E-state index contributed by atoms with van der Waals surface area (Å²) >= 11 is 0. The molecular weight excluding hydrogens is 250 g/mol. The first-order chi connectivity index (χ1) is 9.65. The van der Waals surface area contributed by atoms with E-state index in [2.05, 4.69) is 15.3 Å². The molecule has 0 atom stereocenters. The molecule has 2 aromatic rings. The number of hydrogen-bond acceptors (Lipinski definition) is 3. The fourth-order valence-corrected chi connectivity index (χ4v) is 1.69. The SMILES string of the molecule is CN(C)c1cc(CN=C(N)Nc2ccccc2)ccn1. The van der Waals surface area contributed by atoms with E-state index in [-0.39, 0.29) is 0 Å². The largest absolute Gasteiger partial charge is 0.370 e. The molecule has 1 aromatic carbocycles. The minimum absolute atomic E-state index is 0.402. The van der Waals surface area contributed by atoms with E-state index in [1.165, 1.54) is 0 Å². The molecule has 104 valence electrons. The van der Waals surface area contributed by atoms with Gasteiger partial charge in [0.25, 0.3) is 0 Å². The zero-order valence-electron chi connectivity index (χ0n) is 11.7. The summed E-state index contributed by atoms with van der Waals surface area (Å²) in [6.45, 7) is 0.523. The van der Waals surface area contributed by atoms with Crippen LogP contribution in [0.5, 0.6) is 0 Å². The van der Waals surface area contributed by atoms with Crippen molar-refractivity contribution in [1.29, 1.82) is 0 Å². The average Bonchev–Trinajstić information content (AvgIpc) is 2.46. The number of hydrogen-bond donors (Lipinski definition) is 2. The highest BCUT2D eigenvalue weighted by Gasteiger charge is 1.99. The van der Waals surface area contributed by atoms with E-state index in [0.717, 1.165) is 17.1 Å². The van der Waals surface area contributed by atoms with Crippen LogP contribution in [-0.2, 0) is 6.54 Å². The number of nitrogens with two attached hydrogens (primary N) is 1. The Morgan fingerprint density at radius 2 is 2.00 bits per heavy atom. The second-order valence-electron chi connectivity index (χ2n) is 4.61. The predicted molar refractivity (Wildman–Crippen MR) is 84.0 cm³/mol. The zero-order valence-corrected chi connectivity index (χ0v) is 11.7. The van der Waals surface area contributed by atoms with E-state index in [1.54, 1.807) is 6.20 Å². The predicted octanol–water partition coefficient (Wildman–Crippen LogP) is 2.07. The third-order valence-corrected chi connectivity index (χ3v) is 2.75. The van der Waals surface area contributed by atoms with Gasteiger partial charge in [0.1, 0.15) is 5.82 Å². The van der Waals surface area contributed by atoms with Gasteiger partial charge >= 0.3 is 0 Å². The summed E-state index contributed by atoms with van der Waals surface area (Å²) in [6, 6.07) is 13.7. The number of rotatable bonds is 4. The highest BCUT2D eigenvalue weighted by Crippen LogP contribution is 2.10. The number of para-hydroxylation sites is 1. The van der Waals surface area contributed by atoms with Crippen LogP contribution >= 0.6 is 0 Å². The van der Waals surface area contributed by atoms with Gasteiger partial charge in [-0.3, -0.25) is 0 Å². The number of aliphatic imine (C=N–C) groups is 1. The Kier molecular flexibility index (Phi) is 4.55. The zero-order chi connectivity index (χ0) is 14.4. The summed E-state index contributed by atoms with van der Waals surface area (Å²) < 4.78 is 0. The van der Waals surface area contributed by atoms with Crippen LogP contribution in [0, 0.1) is 0 Å². The van der Waals surface area contributed by atoms with E-state index in [4.69, 9.17) is 5.73 Å². The summed E-state index contributed by atoms with van der Waals surface area (Å²) in [5.41, 5.74) is 7.86. The number of aromatic nitrogens is 1. The van der Waals surface area contributed by atoms with Gasteiger partial charge in [-0.05, 0) is 29.8 Å². The summed E-state index contributed by atoms with van der Waals surface area (Å²) in [4.78, 5) is 10.5. The second kappa shape index (κ2) is 6.56. The number of anilines is 2. The maximum absolute atomic E-state index is 5.86. The van der Waals surface area contributed by atoms with Crippen LogP contribution in [0.2, 0.25) is 0 Å². The van der Waals surface area contributed by atoms with Crippen molar-refractivity contribution in [3.8, 4) is 0 Å². The maximum atomic E-state index is 5.86. The van der Waals surface area contributed by atoms with E-state index < -0.39 is 0 Å². The number of nitrogens with one attached hydrogen (secondary N) is 1. The Balaban J connectivity index is 2.00. The Bertz CT molecular complexity index is 578. The molecule has 1 aromatic heterocycles. The second-order valence-corrected chi connectivity index (χ2v) is 4.61. The molecule has 0 unspecified atom stereocenters. The molecule has 5 nitrogen and oxygen atoms in total. The highest BCUT2D eigenvalue weighted by atomic mass is 15.1. The van der Waals surface area contributed by atoms with Crippen molar-refractivity contribution in [3.05, 3.63) is 54.2 Å². The standard InChI is InChI=1S/C15H19N5/c1-20(2)14-10-12(8-9-17-14)11-18-15(16)19-13-6-4-3-5-7-13/h3-10H,11H2,1-2H3,(H3,16,18,19). The molecule has 0 amide bonds. The fraction of sp³-hybridized carbons (Fsp3) is 0.200. The number of guanidine groups is 1. The average molecular weight is 269 g/mol. The summed E-state index contributed by atoms with van der Waals surface area (Å²) in [5.74, 6) is 1.31. The minimum Gasteiger partial charge on any atom is -0.370 e. The van der Waals surface area contributed by atoms with Crippen LogP contribution in [0.1, 0.15) is 5.56 Å². The van der Waals surface area contributed by atoms with Crippen molar-refractivity contribution in [1.82, 2.24) is 4.98 Å². The van der Waals surface area contributed by atoms with Crippen LogP contribution in [0.3, 0.4) is 0 Å². The number of pyridine rings is 1. The molecule has 20 heavy (non-hydrogen) atoms. The van der Waals surface area contributed by atoms with Gasteiger partial charge in [0, 0.05) is 26.0 Å². The molecule has 0 aliphatic carbocycles. The lowest BCUT2D eigenvalue weighted by Gasteiger charge is -2.11. The number of benzene rings is 1. The Morgan fingerprint density at radius 1 is 1.25 bits per heavy atom. The van der Waals surface area contributed by atoms with Crippen LogP contribution in [-0.4, -0.2) is 25.0 Å². The van der Waals surface area contributed by atoms with Crippen molar-refractivity contribution in [2.45, 2.75) is 6.54 Å². The molecule has 5 heteroatoms. The fourth-order valence-electron chi connectivity index (χ4n) is 1.69. The van der Waals surface area contributed by atoms with Gasteiger partial charge in [0.2, 0.25) is 0 Å². The van der Waals surface area contributed by atoms with Crippen molar-refractivity contribution in [2.24, 2.45) is 10.7 Å². The first kappa shape index (κ1) is 13.9. The van der Waals surface area contributed by atoms with Gasteiger partial charge in [-0.15, -0.1) is 0 Å². The quantitative estimate of drug-likeness (QED) is 0.658. The number of nitrogens with zero attached hydrogens (tertiary/aromatic N) is 3. The highest BCUT2D eigenvalue weighted by molar-refractivity contribution is 5.92. The molecular formula is C15H19N5. The maximum Gasteiger partial charge on any atom is 0.193 e. The Labute approximate surface area is 119 Å². The van der Waals surface area contributed by atoms with Crippen LogP contribution < -0.4 is 16.0 Å². The molecule has 0 saturated heterocycles. The van der Waals surface area contributed by atoms with Gasteiger partial charge in [-0.2, -0.15) is 0 Å². The molecule has 0 radical (unpaired) electrons. The summed E-state index contributed by atoms with van der Waals surface area (Å²) in [6.07, 6.45) is 1.78. The molecule has 2 rings (SSSR count). The van der Waals surface area contributed by atoms with Gasteiger partial charge in [-0.1, -0.05) is 18.2 Å². The lowest BCUT2D eigenvalue weighted by Crippen LogP contribution is -2.22. The van der Waals surface area contributed by atoms with Crippen molar-refractivity contribution < 1.29 is 0 Å². The summed E-state index contributed by atoms with van der Waals surface area (Å²) in [7, 11) is 3.92. The third kappa shape index (κ3) is 3.98. The van der Waals surface area contributed by atoms with Gasteiger partial charge < -0.3 is 16.0 Å². The molecule has 0 bridgehead atoms. The van der Waals surface area contributed by atoms with Crippen molar-refractivity contribution in [2.75, 3.05) is 24.3 Å². The molecule has 0 saturated carbocycles. The van der Waals surface area contributed by atoms with E-state index in [0.29, 0.717) is 12.5 Å². The van der Waals surface area contributed by atoms with E-state index >= 15 is 0 Å². The first-order valence-corrected chi connectivity index (χ1v) is 6.39. The molecule has 0 aliphatic heterocycles. The minimum atomic E-state index is 0.402.